The van der Waals surface area contributed by atoms with Crippen LogP contribution in [-0.2, 0) is 75.1 Å². The maximum absolute atomic E-state index is 14.3. The van der Waals surface area contributed by atoms with Gasteiger partial charge in [0.1, 0.15) is 24.5 Å². The van der Waals surface area contributed by atoms with Crippen molar-refractivity contribution >= 4 is 53.6 Å². The molecule has 21 nitrogen and oxygen atoms in total. The summed E-state index contributed by atoms with van der Waals surface area (Å²) in [4.78, 5) is 106. The van der Waals surface area contributed by atoms with E-state index in [0.717, 1.165) is 84.1 Å². The third-order valence-electron chi connectivity index (χ3n) is 13.2. The normalized spacial score (nSPS) is 21.8. The van der Waals surface area contributed by atoms with E-state index in [1.807, 2.05) is 24.3 Å². The summed E-state index contributed by atoms with van der Waals surface area (Å²) in [5.74, 6) is -5.19. The van der Waals surface area contributed by atoms with Gasteiger partial charge in [-0.2, -0.15) is 0 Å². The summed E-state index contributed by atoms with van der Waals surface area (Å²) in [6.45, 7) is 8.29. The molecule has 400 valence electrons. The van der Waals surface area contributed by atoms with E-state index in [-0.39, 0.29) is 55.0 Å². The number of carbonyl (C=O) groups is 8. The van der Waals surface area contributed by atoms with Gasteiger partial charge in [-0.1, -0.05) is 54.8 Å². The Bertz CT molecular complexity index is 2530. The van der Waals surface area contributed by atoms with Gasteiger partial charge < -0.3 is 49.1 Å². The van der Waals surface area contributed by atoms with Crippen molar-refractivity contribution in [3.8, 4) is 5.75 Å². The Hall–Kier alpha value is -7.00. The number of benzene rings is 2. The van der Waals surface area contributed by atoms with Gasteiger partial charge in [0.15, 0.2) is 17.8 Å². The van der Waals surface area contributed by atoms with E-state index in [0.29, 0.717) is 29.9 Å². The van der Waals surface area contributed by atoms with Crippen molar-refractivity contribution in [3.05, 3.63) is 82.2 Å². The number of ether oxygens (including phenoxy) is 7. The van der Waals surface area contributed by atoms with E-state index in [4.69, 9.17) is 33.2 Å². The Labute approximate surface area is 430 Å². The molecule has 6 rings (SSSR count). The molecule has 1 unspecified atom stereocenters. The van der Waals surface area contributed by atoms with Crippen LogP contribution in [-0.4, -0.2) is 125 Å². The Morgan fingerprint density at radius 2 is 1.61 bits per heavy atom. The maximum atomic E-state index is 14.3. The molecule has 1 saturated carbocycles. The van der Waals surface area contributed by atoms with Gasteiger partial charge in [-0.05, 0) is 80.0 Å². The minimum Gasteiger partial charge on any atom is -0.467 e. The van der Waals surface area contributed by atoms with E-state index in [1.54, 1.807) is 32.2 Å². The van der Waals surface area contributed by atoms with Gasteiger partial charge in [-0.3, -0.25) is 33.6 Å². The minimum absolute atomic E-state index is 0.100. The number of hydrogen-bond acceptors (Lipinski definition) is 17. The van der Waals surface area contributed by atoms with Crippen molar-refractivity contribution < 1.29 is 71.5 Å². The molecular formula is C53H68N6O15. The lowest BCUT2D eigenvalue weighted by molar-refractivity contribution is -0.239. The molecular weight excluding hydrogens is 961 g/mol. The van der Waals surface area contributed by atoms with Crippen LogP contribution in [0.3, 0.4) is 0 Å². The first kappa shape index (κ1) is 56.3. The number of hydrogen-bond donors (Lipinski definition) is 3. The van der Waals surface area contributed by atoms with E-state index in [1.165, 1.54) is 23.7 Å². The van der Waals surface area contributed by atoms with Crippen LogP contribution in [0, 0.1) is 19.8 Å². The summed E-state index contributed by atoms with van der Waals surface area (Å²) in [5, 5.41) is 17.1. The summed E-state index contributed by atoms with van der Waals surface area (Å²) in [6, 6.07) is 8.92. The molecule has 1 aliphatic carbocycles. The summed E-state index contributed by atoms with van der Waals surface area (Å²) >= 11 is 0. The van der Waals surface area contributed by atoms with Crippen LogP contribution in [0.1, 0.15) is 130 Å². The average Bonchev–Trinajstić information content (AvgIpc) is 3.83. The van der Waals surface area contributed by atoms with Gasteiger partial charge in [0, 0.05) is 71.4 Å². The lowest BCUT2D eigenvalue weighted by Crippen LogP contribution is -2.69. The van der Waals surface area contributed by atoms with E-state index in [2.05, 4.69) is 26.3 Å². The Kier molecular flexibility index (Phi) is 20.0. The first-order chi connectivity index (χ1) is 35.3. The van der Waals surface area contributed by atoms with Gasteiger partial charge in [0.2, 0.25) is 11.8 Å². The number of nitrogens with one attached hydrogen (secondary N) is 3. The number of amides is 3. The van der Waals surface area contributed by atoms with Crippen LogP contribution < -0.4 is 20.7 Å². The van der Waals surface area contributed by atoms with Crippen molar-refractivity contribution in [1.29, 1.82) is 0 Å². The van der Waals surface area contributed by atoms with Crippen LogP contribution in [0.2, 0.25) is 0 Å². The Balaban J connectivity index is 1.35. The lowest BCUT2D eigenvalue weighted by Gasteiger charge is -2.49. The SMILES string of the molecule is COC(=O)[C@@]1(C/C=C/c2cccc(CNC(=O)C3CCCOC3)c2)C[C@H](OC(C)=O)[C@@H](NC(=O)Cn2cc(C3CCCCC3)nn2)[C@H]([C@H](OC(C)=O)[C@@H](CNC(=O)c2cc(C)c(OC(C)=O)c(C)c2)OC(C)=O)O1. The largest absolute Gasteiger partial charge is 0.467 e. The zero-order valence-electron chi connectivity index (χ0n) is 43.1. The molecule has 3 N–H and O–H groups in total. The Morgan fingerprint density at radius 3 is 2.26 bits per heavy atom. The molecule has 0 spiro atoms. The zero-order chi connectivity index (χ0) is 53.5. The van der Waals surface area contributed by atoms with Crippen molar-refractivity contribution in [2.45, 2.75) is 154 Å². The molecule has 3 aliphatic rings. The summed E-state index contributed by atoms with van der Waals surface area (Å²) in [6.07, 6.45) is 4.78. The maximum Gasteiger partial charge on any atom is 0.338 e. The first-order valence-corrected chi connectivity index (χ1v) is 25.0. The number of nitrogens with zero attached hydrogens (tertiary/aromatic N) is 3. The molecule has 0 radical (unpaired) electrons. The predicted octanol–water partition coefficient (Wildman–Crippen LogP) is 4.42. The van der Waals surface area contributed by atoms with Gasteiger partial charge in [-0.25, -0.2) is 9.48 Å². The minimum atomic E-state index is -2.02. The van der Waals surface area contributed by atoms with Crippen LogP contribution in [0.4, 0.5) is 0 Å². The highest BCUT2D eigenvalue weighted by Crippen LogP contribution is 2.39. The van der Waals surface area contributed by atoms with Gasteiger partial charge in [0.05, 0.1) is 37.9 Å². The molecule has 7 atom stereocenters. The highest BCUT2D eigenvalue weighted by molar-refractivity contribution is 5.95. The molecule has 3 heterocycles. The summed E-state index contributed by atoms with van der Waals surface area (Å²) in [5.41, 5.74) is 1.34. The van der Waals surface area contributed by atoms with Crippen molar-refractivity contribution in [3.63, 3.8) is 0 Å². The van der Waals surface area contributed by atoms with Crippen molar-refractivity contribution in [1.82, 2.24) is 30.9 Å². The summed E-state index contributed by atoms with van der Waals surface area (Å²) < 4.78 is 42.0. The molecule has 21 heteroatoms. The smallest absolute Gasteiger partial charge is 0.338 e. The van der Waals surface area contributed by atoms with E-state index >= 15 is 0 Å². The third-order valence-corrected chi connectivity index (χ3v) is 13.2. The standard InChI is InChI=1S/C53H68N6O15/c1-31-22-41(23-32(2)47(31)72-35(5)62)51(66)55-27-44(71-34(4)61)48(73-36(6)63)49-46(56-45(64)29-59-28-42(57-58-59)39-17-9-8-10-18-39)43(70-33(3)60)25-53(74-49,52(67)68-7)20-12-16-37-14-11-15-38(24-37)26-54-50(65)40-19-13-21-69-30-40/h11-12,14-16,22-24,28,39-40,43-44,46,48-49H,8-10,13,17-21,25-27,29-30H2,1-7H3,(H,54,65)(H,55,66)(H,56,64)/b16-12+/t40?,43-,44+,46+,48+,49+,53+/m0/s1. The fraction of sp³-hybridized carbons (Fsp3) is 0.547. The third kappa shape index (κ3) is 15.5. The lowest BCUT2D eigenvalue weighted by atomic mass is 9.81. The van der Waals surface area contributed by atoms with E-state index in [9.17, 15) is 38.4 Å². The van der Waals surface area contributed by atoms with Crippen molar-refractivity contribution in [2.75, 3.05) is 26.9 Å². The zero-order valence-corrected chi connectivity index (χ0v) is 43.1. The highest BCUT2D eigenvalue weighted by Gasteiger charge is 2.57. The van der Waals surface area contributed by atoms with Crippen molar-refractivity contribution in [2.24, 2.45) is 5.92 Å². The number of aryl methyl sites for hydroxylation is 2. The molecule has 1 aromatic heterocycles. The number of rotatable bonds is 20. The monoisotopic (exact) mass is 1030 g/mol. The molecule has 0 bridgehead atoms. The molecule has 3 fully saturated rings. The van der Waals surface area contributed by atoms with Crippen LogP contribution in [0.25, 0.3) is 6.08 Å². The average molecular weight is 1030 g/mol. The fourth-order valence-electron chi connectivity index (χ4n) is 9.85. The first-order valence-electron chi connectivity index (χ1n) is 25.0. The van der Waals surface area contributed by atoms with Crippen LogP contribution >= 0.6 is 0 Å². The predicted molar refractivity (Wildman–Crippen MR) is 264 cm³/mol. The quantitative estimate of drug-likeness (QED) is 0.0803. The molecule has 2 saturated heterocycles. The van der Waals surface area contributed by atoms with Crippen LogP contribution in [0.15, 0.2) is 48.7 Å². The fourth-order valence-corrected chi connectivity index (χ4v) is 9.85. The highest BCUT2D eigenvalue weighted by atomic mass is 16.6. The van der Waals surface area contributed by atoms with Crippen LogP contribution in [0.5, 0.6) is 5.75 Å². The Morgan fingerprint density at radius 1 is 0.878 bits per heavy atom. The molecule has 2 aliphatic heterocycles. The van der Waals surface area contributed by atoms with Gasteiger partial charge in [0.25, 0.3) is 5.91 Å². The number of carbonyl (C=O) groups excluding carboxylic acids is 8. The number of aromatic nitrogens is 3. The molecule has 2 aromatic carbocycles. The number of esters is 5. The molecule has 3 amide bonds. The molecule has 74 heavy (non-hydrogen) atoms. The van der Waals surface area contributed by atoms with Gasteiger partial charge in [-0.15, -0.1) is 5.10 Å². The van der Waals surface area contributed by atoms with Gasteiger partial charge >= 0.3 is 29.8 Å². The summed E-state index contributed by atoms with van der Waals surface area (Å²) in [7, 11) is 1.14. The number of methoxy groups -OCH3 is 1. The topological polar surface area (TPSA) is 268 Å². The second kappa shape index (κ2) is 26.3. The second-order valence-electron chi connectivity index (χ2n) is 19.1. The van der Waals surface area contributed by atoms with E-state index < -0.39 is 84.3 Å². The molecule has 3 aromatic rings. The second-order valence-corrected chi connectivity index (χ2v) is 19.1.